The minimum atomic E-state index is 0.0829. The van der Waals surface area contributed by atoms with Crippen molar-refractivity contribution in [3.8, 4) is 0 Å². The Balaban J connectivity index is 1.73. The average Bonchev–Trinajstić information content (AvgIpc) is 2.82. The van der Waals surface area contributed by atoms with Crippen LogP contribution in [-0.2, 0) is 11.2 Å². The normalized spacial score (nSPS) is 18.2. The number of likely N-dealkylation sites (tertiary alicyclic amines) is 1. The van der Waals surface area contributed by atoms with Gasteiger partial charge in [-0.05, 0) is 50.7 Å². The molecule has 0 bridgehead atoms. The number of hydrogen-bond acceptors (Lipinski definition) is 3. The van der Waals surface area contributed by atoms with Crippen molar-refractivity contribution in [3.63, 3.8) is 0 Å². The minimum Gasteiger partial charge on any atom is -0.343 e. The highest BCUT2D eigenvalue weighted by atomic mass is 32.1. The van der Waals surface area contributed by atoms with Crippen LogP contribution < -0.4 is 5.32 Å². The Morgan fingerprint density at radius 1 is 1.35 bits per heavy atom. The molecule has 1 atom stereocenters. The highest BCUT2D eigenvalue weighted by Gasteiger charge is 2.26. The molecule has 1 aromatic heterocycles. The van der Waals surface area contributed by atoms with Crippen molar-refractivity contribution in [2.45, 2.75) is 72.4 Å². The molecular formula is C19H32N2OS. The second kappa shape index (κ2) is 7.80. The largest absolute Gasteiger partial charge is 0.343 e. The summed E-state index contributed by atoms with van der Waals surface area (Å²) in [6.07, 6.45) is 3.90. The maximum absolute atomic E-state index is 12.3. The van der Waals surface area contributed by atoms with E-state index in [1.54, 1.807) is 0 Å². The molecule has 2 rings (SSSR count). The second-order valence-electron chi connectivity index (χ2n) is 8.18. The molecule has 130 valence electrons. The molecule has 3 nitrogen and oxygen atoms in total. The van der Waals surface area contributed by atoms with Gasteiger partial charge in [0.05, 0.1) is 0 Å². The van der Waals surface area contributed by atoms with Gasteiger partial charge in [-0.25, -0.2) is 0 Å². The Bertz CT molecular complexity index is 510. The fourth-order valence-electron chi connectivity index (χ4n) is 3.22. The molecular weight excluding hydrogens is 304 g/mol. The van der Waals surface area contributed by atoms with Crippen LogP contribution >= 0.6 is 11.3 Å². The van der Waals surface area contributed by atoms with Crippen LogP contribution in [0.5, 0.6) is 0 Å². The van der Waals surface area contributed by atoms with E-state index in [4.69, 9.17) is 0 Å². The highest BCUT2D eigenvalue weighted by Crippen LogP contribution is 2.22. The Hall–Kier alpha value is -0.870. The zero-order valence-corrected chi connectivity index (χ0v) is 16.1. The third-order valence-electron chi connectivity index (χ3n) is 4.35. The zero-order valence-electron chi connectivity index (χ0n) is 15.3. The van der Waals surface area contributed by atoms with Gasteiger partial charge < -0.3 is 10.2 Å². The maximum atomic E-state index is 12.3. The van der Waals surface area contributed by atoms with E-state index in [2.05, 4.69) is 57.0 Å². The van der Waals surface area contributed by atoms with Crippen molar-refractivity contribution in [3.05, 3.63) is 21.9 Å². The van der Waals surface area contributed by atoms with E-state index < -0.39 is 0 Å². The van der Waals surface area contributed by atoms with Gasteiger partial charge in [-0.2, -0.15) is 0 Å². The predicted octanol–water partition coefficient (Wildman–Crippen LogP) is 4.00. The first kappa shape index (κ1) is 18.5. The van der Waals surface area contributed by atoms with Crippen molar-refractivity contribution in [2.75, 3.05) is 13.1 Å². The lowest BCUT2D eigenvalue weighted by molar-refractivity contribution is -0.134. The van der Waals surface area contributed by atoms with Gasteiger partial charge >= 0.3 is 0 Å². The topological polar surface area (TPSA) is 32.3 Å². The summed E-state index contributed by atoms with van der Waals surface area (Å²) in [5, 5.41) is 3.75. The van der Waals surface area contributed by atoms with Crippen LogP contribution in [0.1, 0.15) is 56.7 Å². The van der Waals surface area contributed by atoms with E-state index >= 15 is 0 Å². The summed E-state index contributed by atoms with van der Waals surface area (Å²) in [5.74, 6) is 0.318. The van der Waals surface area contributed by atoms with E-state index in [9.17, 15) is 4.79 Å². The molecule has 1 N–H and O–H groups in total. The van der Waals surface area contributed by atoms with E-state index in [0.717, 1.165) is 32.4 Å². The van der Waals surface area contributed by atoms with Gasteiger partial charge in [0.15, 0.2) is 0 Å². The third-order valence-corrected chi connectivity index (χ3v) is 5.38. The van der Waals surface area contributed by atoms with Crippen LogP contribution in [0.4, 0.5) is 0 Å². The lowest BCUT2D eigenvalue weighted by Crippen LogP contribution is -2.48. The number of thiophene rings is 1. The summed E-state index contributed by atoms with van der Waals surface area (Å²) in [7, 11) is 0. The first-order valence-corrected chi connectivity index (χ1v) is 9.64. The Kier molecular flexibility index (Phi) is 6.26. The molecule has 4 heteroatoms. The smallest absolute Gasteiger partial charge is 0.223 e. The van der Waals surface area contributed by atoms with Crippen molar-refractivity contribution in [1.29, 1.82) is 0 Å². The molecule has 2 heterocycles. The van der Waals surface area contributed by atoms with Crippen LogP contribution in [-0.4, -0.2) is 36.0 Å². The van der Waals surface area contributed by atoms with Crippen LogP contribution in [0, 0.1) is 12.3 Å². The van der Waals surface area contributed by atoms with E-state index in [1.807, 2.05) is 11.3 Å². The molecule has 0 aromatic carbocycles. The molecule has 23 heavy (non-hydrogen) atoms. The number of carbonyl (C=O) groups is 1. The molecule has 1 fully saturated rings. The molecule has 0 spiro atoms. The molecule has 1 aliphatic heterocycles. The van der Waals surface area contributed by atoms with Crippen LogP contribution in [0.25, 0.3) is 0 Å². The number of amides is 1. The summed E-state index contributed by atoms with van der Waals surface area (Å²) in [5.41, 5.74) is 0.0829. The van der Waals surface area contributed by atoms with Gasteiger partial charge in [0.2, 0.25) is 5.91 Å². The molecule has 0 saturated carbocycles. The summed E-state index contributed by atoms with van der Waals surface area (Å²) >= 11 is 1.89. The summed E-state index contributed by atoms with van der Waals surface area (Å²) in [6, 6.07) is 5.48. The van der Waals surface area contributed by atoms with Crippen molar-refractivity contribution in [1.82, 2.24) is 10.2 Å². The number of carbonyl (C=O) groups excluding carboxylic acids is 1. The number of rotatable bonds is 5. The maximum Gasteiger partial charge on any atom is 0.223 e. The van der Waals surface area contributed by atoms with Gasteiger partial charge in [0.25, 0.3) is 0 Å². The van der Waals surface area contributed by atoms with Crippen molar-refractivity contribution in [2.24, 2.45) is 5.41 Å². The Morgan fingerprint density at radius 3 is 2.52 bits per heavy atom. The monoisotopic (exact) mass is 336 g/mol. The zero-order chi connectivity index (χ0) is 17.0. The fraction of sp³-hybridized carbons (Fsp3) is 0.737. The van der Waals surface area contributed by atoms with Gasteiger partial charge in [-0.15, -0.1) is 11.3 Å². The minimum absolute atomic E-state index is 0.0829. The third kappa shape index (κ3) is 6.27. The summed E-state index contributed by atoms with van der Waals surface area (Å²) in [4.78, 5) is 17.2. The summed E-state index contributed by atoms with van der Waals surface area (Å²) < 4.78 is 0. The van der Waals surface area contributed by atoms with Crippen LogP contribution in [0.2, 0.25) is 0 Å². The lowest BCUT2D eigenvalue weighted by atomic mass is 9.91. The van der Waals surface area contributed by atoms with E-state index in [-0.39, 0.29) is 5.41 Å². The molecule has 0 aliphatic carbocycles. The number of aryl methyl sites for hydroxylation is 1. The van der Waals surface area contributed by atoms with E-state index in [0.29, 0.717) is 24.4 Å². The number of piperidine rings is 1. The highest BCUT2D eigenvalue weighted by molar-refractivity contribution is 7.11. The number of nitrogens with one attached hydrogen (secondary N) is 1. The molecule has 1 saturated heterocycles. The second-order valence-corrected chi connectivity index (χ2v) is 9.55. The first-order chi connectivity index (χ1) is 10.7. The summed E-state index contributed by atoms with van der Waals surface area (Å²) in [6.45, 7) is 12.6. The SMILES string of the molecule is Cc1ccc(C[C@H](C)NC2CCN(C(=O)CC(C)(C)C)CC2)s1. The molecule has 0 radical (unpaired) electrons. The standard InChI is InChI=1S/C19H32N2OS/c1-14(12-17-7-6-15(2)23-17)20-16-8-10-21(11-9-16)18(22)13-19(3,4)5/h6-7,14,16,20H,8-13H2,1-5H3/t14-/m0/s1. The van der Waals surface area contributed by atoms with Crippen molar-refractivity contribution >= 4 is 17.2 Å². The first-order valence-electron chi connectivity index (χ1n) is 8.82. The Labute approximate surface area is 145 Å². The average molecular weight is 337 g/mol. The molecule has 0 unspecified atom stereocenters. The number of nitrogens with zero attached hydrogens (tertiary/aromatic N) is 1. The molecule has 1 amide bonds. The quantitative estimate of drug-likeness (QED) is 0.881. The van der Waals surface area contributed by atoms with Gasteiger partial charge in [-0.3, -0.25) is 4.79 Å². The van der Waals surface area contributed by atoms with Gasteiger partial charge in [0.1, 0.15) is 0 Å². The fourth-order valence-corrected chi connectivity index (χ4v) is 4.24. The Morgan fingerprint density at radius 2 is 2.00 bits per heavy atom. The van der Waals surface area contributed by atoms with Crippen LogP contribution in [0.3, 0.4) is 0 Å². The lowest BCUT2D eigenvalue weighted by Gasteiger charge is -2.35. The predicted molar refractivity (Wildman–Crippen MR) is 99.0 cm³/mol. The van der Waals surface area contributed by atoms with Gasteiger partial charge in [0, 0.05) is 41.3 Å². The van der Waals surface area contributed by atoms with Crippen molar-refractivity contribution < 1.29 is 4.79 Å². The van der Waals surface area contributed by atoms with Gasteiger partial charge in [-0.1, -0.05) is 20.8 Å². The number of hydrogen-bond donors (Lipinski definition) is 1. The van der Waals surface area contributed by atoms with E-state index in [1.165, 1.54) is 9.75 Å². The molecule has 1 aliphatic rings. The van der Waals surface area contributed by atoms with Crippen LogP contribution in [0.15, 0.2) is 12.1 Å². The molecule has 1 aromatic rings.